The number of hydrogen-bond donors (Lipinski definition) is 0. The molecular weight excluding hydrogens is 216 g/mol. The fourth-order valence-electron chi connectivity index (χ4n) is 1.61. The van der Waals surface area contributed by atoms with Gasteiger partial charge >= 0.3 is 0 Å². The number of amides is 1. The molecule has 1 aliphatic rings. The topological polar surface area (TPSA) is 32.8 Å². The van der Waals surface area contributed by atoms with Gasteiger partial charge in [0.2, 0.25) is 5.91 Å². The molecule has 86 valence electrons. The molecule has 0 unspecified atom stereocenters. The van der Waals surface area contributed by atoms with Crippen molar-refractivity contribution in [2.75, 3.05) is 46.4 Å². The molecule has 0 saturated carbocycles. The maximum atomic E-state index is 11.5. The summed E-state index contributed by atoms with van der Waals surface area (Å²) in [6.07, 6.45) is 0. The van der Waals surface area contributed by atoms with Gasteiger partial charge in [0.15, 0.2) is 0 Å². The van der Waals surface area contributed by atoms with Crippen LogP contribution < -0.4 is 0 Å². The van der Waals surface area contributed by atoms with E-state index in [1.54, 1.807) is 0 Å². The van der Waals surface area contributed by atoms with Crippen molar-refractivity contribution in [2.45, 2.75) is 0 Å². The van der Waals surface area contributed by atoms with Crippen LogP contribution in [-0.4, -0.2) is 62.1 Å². The first-order valence-electron chi connectivity index (χ1n) is 4.96. The molecule has 0 aromatic carbocycles. The molecule has 0 radical (unpaired) electrons. The molecule has 15 heavy (non-hydrogen) atoms. The van der Waals surface area contributed by atoms with Gasteiger partial charge in [-0.1, -0.05) is 18.2 Å². The summed E-state index contributed by atoms with van der Waals surface area (Å²) < 4.78 is 4.81. The molecule has 0 bridgehead atoms. The SMILES string of the molecule is C=C(Cl)CN1CCN(C(=O)COC)CC1. The quantitative estimate of drug-likeness (QED) is 0.709. The zero-order valence-corrected chi connectivity index (χ0v) is 9.79. The molecule has 5 heteroatoms. The number of halogens is 1. The molecule has 1 fully saturated rings. The maximum Gasteiger partial charge on any atom is 0.248 e. The fourth-order valence-corrected chi connectivity index (χ4v) is 1.78. The molecule has 0 aliphatic carbocycles. The largest absolute Gasteiger partial charge is 0.375 e. The lowest BCUT2D eigenvalue weighted by atomic mass is 10.3. The molecule has 0 atom stereocenters. The Balaban J connectivity index is 2.29. The van der Waals surface area contributed by atoms with Gasteiger partial charge in [-0.05, 0) is 0 Å². The predicted octanol–water partition coefficient (Wildman–Crippen LogP) is 0.529. The number of carbonyl (C=O) groups excluding carboxylic acids is 1. The third kappa shape index (κ3) is 4.20. The zero-order chi connectivity index (χ0) is 11.3. The van der Waals surface area contributed by atoms with Crippen LogP contribution in [0.25, 0.3) is 0 Å². The third-order valence-corrected chi connectivity index (χ3v) is 2.51. The minimum Gasteiger partial charge on any atom is -0.375 e. The summed E-state index contributed by atoms with van der Waals surface area (Å²) in [4.78, 5) is 15.5. The smallest absolute Gasteiger partial charge is 0.248 e. The molecule has 1 aliphatic heterocycles. The molecule has 1 saturated heterocycles. The van der Waals surface area contributed by atoms with Gasteiger partial charge in [-0.2, -0.15) is 0 Å². The molecular formula is C10H17ClN2O2. The lowest BCUT2D eigenvalue weighted by molar-refractivity contribution is -0.136. The van der Waals surface area contributed by atoms with E-state index in [0.717, 1.165) is 26.2 Å². The second-order valence-electron chi connectivity index (χ2n) is 3.61. The third-order valence-electron chi connectivity index (χ3n) is 2.39. The van der Waals surface area contributed by atoms with E-state index in [1.165, 1.54) is 7.11 Å². The van der Waals surface area contributed by atoms with E-state index in [0.29, 0.717) is 11.6 Å². The van der Waals surface area contributed by atoms with Crippen LogP contribution in [0.1, 0.15) is 0 Å². The first kappa shape index (κ1) is 12.5. The molecule has 0 aromatic heterocycles. The van der Waals surface area contributed by atoms with Gasteiger partial charge < -0.3 is 9.64 Å². The van der Waals surface area contributed by atoms with E-state index in [9.17, 15) is 4.79 Å². The Hall–Kier alpha value is -0.580. The lowest BCUT2D eigenvalue weighted by Crippen LogP contribution is -2.49. The normalized spacial score (nSPS) is 17.9. The highest BCUT2D eigenvalue weighted by Gasteiger charge is 2.20. The van der Waals surface area contributed by atoms with Gasteiger partial charge in [0.1, 0.15) is 6.61 Å². The van der Waals surface area contributed by atoms with Crippen molar-refractivity contribution in [3.63, 3.8) is 0 Å². The van der Waals surface area contributed by atoms with Gasteiger partial charge in [0.25, 0.3) is 0 Å². The molecule has 1 rings (SSSR count). The summed E-state index contributed by atoms with van der Waals surface area (Å²) in [5.41, 5.74) is 0. The van der Waals surface area contributed by atoms with Crippen molar-refractivity contribution in [1.29, 1.82) is 0 Å². The van der Waals surface area contributed by atoms with Crippen LogP contribution >= 0.6 is 11.6 Å². The molecule has 1 amide bonds. The first-order valence-corrected chi connectivity index (χ1v) is 5.33. The molecule has 0 aromatic rings. The van der Waals surface area contributed by atoms with Crippen LogP contribution in [0.15, 0.2) is 11.6 Å². The predicted molar refractivity (Wildman–Crippen MR) is 59.9 cm³/mol. The van der Waals surface area contributed by atoms with Gasteiger partial charge in [0.05, 0.1) is 0 Å². The number of nitrogens with zero attached hydrogens (tertiary/aromatic N) is 2. The lowest BCUT2D eigenvalue weighted by Gasteiger charge is -2.34. The summed E-state index contributed by atoms with van der Waals surface area (Å²) in [7, 11) is 1.53. The number of piperazine rings is 1. The standard InChI is InChI=1S/C10H17ClN2O2/c1-9(11)7-12-3-5-13(6-4-12)10(14)8-15-2/h1,3-8H2,2H3. The minimum atomic E-state index is 0.0573. The van der Waals surface area contributed by atoms with Crippen LogP contribution in [0.2, 0.25) is 0 Å². The van der Waals surface area contributed by atoms with Crippen molar-refractivity contribution >= 4 is 17.5 Å². The zero-order valence-electron chi connectivity index (χ0n) is 9.04. The fraction of sp³-hybridized carbons (Fsp3) is 0.700. The number of rotatable bonds is 4. The molecule has 0 N–H and O–H groups in total. The van der Waals surface area contributed by atoms with E-state index in [2.05, 4.69) is 11.5 Å². The highest BCUT2D eigenvalue weighted by molar-refractivity contribution is 6.29. The van der Waals surface area contributed by atoms with Crippen molar-refractivity contribution < 1.29 is 9.53 Å². The average molecular weight is 233 g/mol. The average Bonchev–Trinajstić information content (AvgIpc) is 2.18. The Bertz CT molecular complexity index is 238. The number of carbonyl (C=O) groups is 1. The van der Waals surface area contributed by atoms with Crippen LogP contribution in [0.5, 0.6) is 0 Å². The van der Waals surface area contributed by atoms with E-state index < -0.39 is 0 Å². The van der Waals surface area contributed by atoms with Crippen molar-refractivity contribution in [1.82, 2.24) is 9.80 Å². The molecule has 1 heterocycles. The maximum absolute atomic E-state index is 11.5. The number of hydrogen-bond acceptors (Lipinski definition) is 3. The van der Waals surface area contributed by atoms with E-state index in [-0.39, 0.29) is 12.5 Å². The second-order valence-corrected chi connectivity index (χ2v) is 4.14. The highest BCUT2D eigenvalue weighted by atomic mass is 35.5. The highest BCUT2D eigenvalue weighted by Crippen LogP contribution is 2.06. The van der Waals surface area contributed by atoms with Crippen molar-refractivity contribution in [2.24, 2.45) is 0 Å². The van der Waals surface area contributed by atoms with Crippen molar-refractivity contribution in [3.05, 3.63) is 11.6 Å². The summed E-state index contributed by atoms with van der Waals surface area (Å²) in [6, 6.07) is 0. The molecule has 0 spiro atoms. The summed E-state index contributed by atoms with van der Waals surface area (Å²) >= 11 is 5.72. The second kappa shape index (κ2) is 6.10. The Morgan fingerprint density at radius 2 is 2.00 bits per heavy atom. The van der Waals surface area contributed by atoms with Gasteiger partial charge in [-0.3, -0.25) is 9.69 Å². The van der Waals surface area contributed by atoms with Crippen LogP contribution in [0, 0.1) is 0 Å². The van der Waals surface area contributed by atoms with Crippen LogP contribution in [0.3, 0.4) is 0 Å². The van der Waals surface area contributed by atoms with Gasteiger partial charge in [0, 0.05) is 44.9 Å². The van der Waals surface area contributed by atoms with E-state index >= 15 is 0 Å². The monoisotopic (exact) mass is 232 g/mol. The van der Waals surface area contributed by atoms with Gasteiger partial charge in [-0.15, -0.1) is 0 Å². The Morgan fingerprint density at radius 1 is 1.40 bits per heavy atom. The Morgan fingerprint density at radius 3 is 2.47 bits per heavy atom. The number of ether oxygens (including phenoxy) is 1. The van der Waals surface area contributed by atoms with Crippen LogP contribution in [-0.2, 0) is 9.53 Å². The number of methoxy groups -OCH3 is 1. The van der Waals surface area contributed by atoms with Crippen LogP contribution in [0.4, 0.5) is 0 Å². The summed E-state index contributed by atoms with van der Waals surface area (Å²) in [5.74, 6) is 0.0573. The molecule has 4 nitrogen and oxygen atoms in total. The van der Waals surface area contributed by atoms with Gasteiger partial charge in [-0.25, -0.2) is 0 Å². The Kier molecular flexibility index (Phi) is 5.08. The summed E-state index contributed by atoms with van der Waals surface area (Å²) in [5, 5.41) is 0.645. The van der Waals surface area contributed by atoms with Crippen molar-refractivity contribution in [3.8, 4) is 0 Å². The minimum absolute atomic E-state index is 0.0573. The van der Waals surface area contributed by atoms with E-state index in [1.807, 2.05) is 4.90 Å². The Labute approximate surface area is 95.4 Å². The van der Waals surface area contributed by atoms with E-state index in [4.69, 9.17) is 16.3 Å². The summed E-state index contributed by atoms with van der Waals surface area (Å²) in [6.45, 7) is 7.71. The first-order chi connectivity index (χ1) is 7.13.